The Bertz CT molecular complexity index is 1230. The van der Waals surface area contributed by atoms with Crippen molar-refractivity contribution in [2.45, 2.75) is 39.2 Å². The number of nitrogens with one attached hydrogen (secondary N) is 2. The summed E-state index contributed by atoms with van der Waals surface area (Å²) in [4.78, 5) is 23.6. The van der Waals surface area contributed by atoms with Gasteiger partial charge in [-0.2, -0.15) is 0 Å². The molecule has 0 radical (unpaired) electrons. The smallest absolute Gasteiger partial charge is 0.248 e. The van der Waals surface area contributed by atoms with Gasteiger partial charge in [0, 0.05) is 29.8 Å². The second kappa shape index (κ2) is 11.5. The van der Waals surface area contributed by atoms with E-state index in [1.807, 2.05) is 12.1 Å². The minimum atomic E-state index is -0.499. The summed E-state index contributed by atoms with van der Waals surface area (Å²) >= 11 is 5.93. The fraction of sp³-hybridized carbons (Fsp3) is 0.346. The lowest BCUT2D eigenvalue weighted by Crippen LogP contribution is -2.25. The van der Waals surface area contributed by atoms with E-state index in [-0.39, 0.29) is 17.0 Å². The molecule has 0 bridgehead atoms. The van der Waals surface area contributed by atoms with E-state index in [2.05, 4.69) is 39.3 Å². The molecule has 0 saturated heterocycles. The molecule has 4 rings (SSSR count). The van der Waals surface area contributed by atoms with E-state index in [1.165, 1.54) is 24.5 Å². The predicted molar refractivity (Wildman–Crippen MR) is 138 cm³/mol. The molecule has 1 aliphatic rings. The Kier molecular flexibility index (Phi) is 8.15. The largest absolute Gasteiger partial charge is 0.488 e. The van der Waals surface area contributed by atoms with Crippen LogP contribution in [-0.2, 0) is 4.79 Å². The minimum Gasteiger partial charge on any atom is -0.488 e. The third-order valence-corrected chi connectivity index (χ3v) is 6.34. The number of ether oxygens (including phenoxy) is 1. The lowest BCUT2D eigenvalue weighted by molar-refractivity contribution is -0.111. The molecule has 1 saturated carbocycles. The zero-order valence-corrected chi connectivity index (χ0v) is 20.6. The van der Waals surface area contributed by atoms with Crippen LogP contribution < -0.4 is 15.4 Å². The molecule has 0 aliphatic heterocycles. The molecule has 7 nitrogen and oxygen atoms in total. The third-order valence-electron chi connectivity index (χ3n) is 6.05. The lowest BCUT2D eigenvalue weighted by atomic mass is 9.96. The highest BCUT2D eigenvalue weighted by Crippen LogP contribution is 2.36. The number of nitrogens with zero attached hydrogens (tertiary/aromatic N) is 3. The van der Waals surface area contributed by atoms with Crippen molar-refractivity contribution in [1.29, 1.82) is 0 Å². The van der Waals surface area contributed by atoms with Gasteiger partial charge in [0.05, 0.1) is 22.3 Å². The van der Waals surface area contributed by atoms with E-state index in [0.29, 0.717) is 40.4 Å². The zero-order chi connectivity index (χ0) is 24.8. The highest BCUT2D eigenvalue weighted by molar-refractivity contribution is 6.31. The second-order valence-electron chi connectivity index (χ2n) is 8.39. The Balaban J connectivity index is 1.63. The maximum absolute atomic E-state index is 13.6. The quantitative estimate of drug-likeness (QED) is 0.338. The first-order chi connectivity index (χ1) is 17.0. The molecular weight excluding hydrogens is 469 g/mol. The summed E-state index contributed by atoms with van der Waals surface area (Å²) in [6.45, 7) is 6.71. The van der Waals surface area contributed by atoms with Gasteiger partial charge in [0.1, 0.15) is 23.7 Å². The number of amides is 1. The van der Waals surface area contributed by atoms with Crippen LogP contribution in [0.3, 0.4) is 0 Å². The van der Waals surface area contributed by atoms with Gasteiger partial charge in [-0.15, -0.1) is 0 Å². The van der Waals surface area contributed by atoms with Gasteiger partial charge in [-0.1, -0.05) is 31.5 Å². The first-order valence-corrected chi connectivity index (χ1v) is 12.2. The molecule has 1 aliphatic carbocycles. The van der Waals surface area contributed by atoms with Gasteiger partial charge in [-0.25, -0.2) is 14.4 Å². The average molecular weight is 498 g/mol. The molecule has 1 amide bonds. The summed E-state index contributed by atoms with van der Waals surface area (Å²) in [6, 6.07) is 7.96. The number of hydrogen-bond donors (Lipinski definition) is 2. The van der Waals surface area contributed by atoms with Crippen LogP contribution in [0.1, 0.15) is 33.1 Å². The predicted octanol–water partition coefficient (Wildman–Crippen LogP) is 5.93. The topological polar surface area (TPSA) is 79.4 Å². The number of anilines is 3. The number of rotatable bonds is 10. The fourth-order valence-electron chi connectivity index (χ4n) is 3.72. The Morgan fingerprint density at radius 3 is 2.71 bits per heavy atom. The maximum atomic E-state index is 13.6. The van der Waals surface area contributed by atoms with Crippen molar-refractivity contribution in [3.63, 3.8) is 0 Å². The van der Waals surface area contributed by atoms with Crippen molar-refractivity contribution in [3.8, 4) is 5.75 Å². The number of carbonyl (C=O) groups is 1. The van der Waals surface area contributed by atoms with E-state index in [4.69, 9.17) is 16.3 Å². The van der Waals surface area contributed by atoms with E-state index < -0.39 is 5.82 Å². The van der Waals surface area contributed by atoms with Crippen molar-refractivity contribution in [2.75, 3.05) is 30.3 Å². The molecule has 1 fully saturated rings. The summed E-state index contributed by atoms with van der Waals surface area (Å²) in [7, 11) is 0. The van der Waals surface area contributed by atoms with Gasteiger partial charge in [0.2, 0.25) is 5.91 Å². The molecule has 0 atom stereocenters. The SMILES string of the molecule is CCN(CC)C/C=C/C(=O)Nc1cc2c(Nc3ccc(F)c(Cl)c3)ncnc2cc1OC1CCC1. The molecule has 9 heteroatoms. The van der Waals surface area contributed by atoms with E-state index in [9.17, 15) is 9.18 Å². The molecule has 0 spiro atoms. The van der Waals surface area contributed by atoms with Crippen LogP contribution in [0.5, 0.6) is 5.75 Å². The number of aromatic nitrogens is 2. The van der Waals surface area contributed by atoms with Crippen LogP contribution in [0.25, 0.3) is 10.9 Å². The summed E-state index contributed by atoms with van der Waals surface area (Å²) in [5.74, 6) is 0.329. The van der Waals surface area contributed by atoms with Gasteiger partial charge < -0.3 is 20.3 Å². The van der Waals surface area contributed by atoms with Crippen LogP contribution in [0.15, 0.2) is 48.8 Å². The standard InChI is InChI=1S/C26H29ClFN5O2/c1-3-33(4-2)12-6-9-25(34)32-23-14-19-22(15-24(23)35-18-7-5-8-18)29-16-30-26(19)31-17-10-11-21(28)20(27)13-17/h6,9-11,13-16,18H,3-5,7-8,12H2,1-2H3,(H,32,34)(H,29,30,31)/b9-6+. The number of benzene rings is 2. The highest BCUT2D eigenvalue weighted by Gasteiger charge is 2.22. The molecule has 1 aromatic heterocycles. The van der Waals surface area contributed by atoms with Crippen molar-refractivity contribution in [3.05, 3.63) is 59.7 Å². The average Bonchev–Trinajstić information content (AvgIpc) is 2.82. The molecule has 2 aromatic carbocycles. The van der Waals surface area contributed by atoms with Gasteiger partial charge in [-0.05, 0) is 56.6 Å². The first kappa shape index (κ1) is 24.9. The van der Waals surface area contributed by atoms with Gasteiger partial charge >= 0.3 is 0 Å². The van der Waals surface area contributed by atoms with Gasteiger partial charge in [0.15, 0.2) is 0 Å². The van der Waals surface area contributed by atoms with E-state index in [1.54, 1.807) is 12.1 Å². The summed E-state index contributed by atoms with van der Waals surface area (Å²) < 4.78 is 19.7. The van der Waals surface area contributed by atoms with Gasteiger partial charge in [0.25, 0.3) is 0 Å². The monoisotopic (exact) mass is 497 g/mol. The Hall–Kier alpha value is -3.23. The Labute approximate surface area is 209 Å². The second-order valence-corrected chi connectivity index (χ2v) is 8.80. The normalized spacial score (nSPS) is 13.9. The molecule has 184 valence electrons. The Morgan fingerprint density at radius 1 is 1.23 bits per heavy atom. The molecule has 35 heavy (non-hydrogen) atoms. The molecule has 2 N–H and O–H groups in total. The van der Waals surface area contributed by atoms with Gasteiger partial charge in [-0.3, -0.25) is 4.79 Å². The van der Waals surface area contributed by atoms with Crippen LogP contribution in [-0.4, -0.2) is 46.5 Å². The Morgan fingerprint density at radius 2 is 2.03 bits per heavy atom. The van der Waals surface area contributed by atoms with E-state index in [0.717, 1.165) is 32.4 Å². The number of carbonyl (C=O) groups excluding carboxylic acids is 1. The fourth-order valence-corrected chi connectivity index (χ4v) is 3.90. The van der Waals surface area contributed by atoms with Crippen LogP contribution >= 0.6 is 11.6 Å². The number of hydrogen-bond acceptors (Lipinski definition) is 6. The van der Waals surface area contributed by atoms with Crippen molar-refractivity contribution < 1.29 is 13.9 Å². The van der Waals surface area contributed by atoms with Crippen molar-refractivity contribution in [1.82, 2.24) is 14.9 Å². The molecule has 0 unspecified atom stereocenters. The minimum absolute atomic E-state index is 0.00833. The summed E-state index contributed by atoms with van der Waals surface area (Å²) in [5, 5.41) is 6.80. The summed E-state index contributed by atoms with van der Waals surface area (Å²) in [5.41, 5.74) is 1.77. The zero-order valence-electron chi connectivity index (χ0n) is 19.9. The number of likely N-dealkylation sites (N-methyl/N-ethyl adjacent to an activating group) is 1. The van der Waals surface area contributed by atoms with Crippen LogP contribution in [0.2, 0.25) is 5.02 Å². The highest BCUT2D eigenvalue weighted by atomic mass is 35.5. The van der Waals surface area contributed by atoms with E-state index >= 15 is 0 Å². The van der Waals surface area contributed by atoms with Crippen molar-refractivity contribution in [2.24, 2.45) is 0 Å². The number of halogens is 2. The van der Waals surface area contributed by atoms with Crippen LogP contribution in [0, 0.1) is 5.82 Å². The molecule has 3 aromatic rings. The van der Waals surface area contributed by atoms with Crippen LogP contribution in [0.4, 0.5) is 21.6 Å². The maximum Gasteiger partial charge on any atom is 0.248 e. The first-order valence-electron chi connectivity index (χ1n) is 11.8. The molecule has 1 heterocycles. The number of fused-ring (bicyclic) bond motifs is 1. The van der Waals surface area contributed by atoms with Crippen molar-refractivity contribution >= 4 is 45.6 Å². The third kappa shape index (κ3) is 6.26. The molecular formula is C26H29ClFN5O2. The summed E-state index contributed by atoms with van der Waals surface area (Å²) in [6.07, 6.45) is 8.05. The lowest BCUT2D eigenvalue weighted by Gasteiger charge is -2.27.